The molecule has 33 heavy (non-hydrogen) atoms. The van der Waals surface area contributed by atoms with Crippen LogP contribution < -0.4 is 0 Å². The van der Waals surface area contributed by atoms with Gasteiger partial charge in [-0.05, 0) is 56.9 Å². The summed E-state index contributed by atoms with van der Waals surface area (Å²) in [7, 11) is 0. The van der Waals surface area contributed by atoms with Crippen LogP contribution in [0.15, 0.2) is 29.3 Å². The van der Waals surface area contributed by atoms with Crippen molar-refractivity contribution in [3.05, 3.63) is 35.4 Å². The molecule has 2 aliphatic heterocycles. The van der Waals surface area contributed by atoms with Crippen molar-refractivity contribution >= 4 is 17.7 Å². The van der Waals surface area contributed by atoms with Crippen molar-refractivity contribution in [2.75, 3.05) is 19.6 Å². The summed E-state index contributed by atoms with van der Waals surface area (Å²) >= 11 is 0. The standard InChI is InChI=1S/C22H29N3O.C2HF3O2/c1-15-4-3-5-18(10-15)11-24-13-19-8-9-22(20(19)14-24)21(26)25(16(2)23-22)12-17-6-7-17;3-2(4,5)1(6)7/h3-5,10,17,19-20H,6-9,11-14H2,1-2H3;(H,6,7)/t19-,20+,22-;/m1./s1. The van der Waals surface area contributed by atoms with E-state index in [1.54, 1.807) is 0 Å². The molecule has 4 aliphatic rings. The first-order chi connectivity index (χ1) is 15.5. The second-order valence-corrected chi connectivity index (χ2v) is 9.83. The maximum absolute atomic E-state index is 13.3. The topological polar surface area (TPSA) is 73.2 Å². The SMILES string of the molecule is CC1=N[C@@]2(CC[C@@H]3CN(Cc4cccc(C)c4)C[C@@H]32)C(=O)N1CC1CC1.O=C(O)C(F)(F)F. The number of nitrogens with zero attached hydrogens (tertiary/aromatic N) is 3. The van der Waals surface area contributed by atoms with Crippen molar-refractivity contribution in [3.63, 3.8) is 0 Å². The molecule has 2 saturated carbocycles. The van der Waals surface area contributed by atoms with Gasteiger partial charge in [0.25, 0.3) is 5.91 Å². The Labute approximate surface area is 191 Å². The lowest BCUT2D eigenvalue weighted by Crippen LogP contribution is -2.47. The molecule has 6 nitrogen and oxygen atoms in total. The number of halogens is 3. The molecule has 2 heterocycles. The van der Waals surface area contributed by atoms with E-state index < -0.39 is 17.7 Å². The summed E-state index contributed by atoms with van der Waals surface area (Å²) in [5.74, 6) is 0.275. The van der Waals surface area contributed by atoms with E-state index in [0.717, 1.165) is 50.8 Å². The van der Waals surface area contributed by atoms with Gasteiger partial charge >= 0.3 is 12.1 Å². The predicted molar refractivity (Wildman–Crippen MR) is 117 cm³/mol. The number of aliphatic carboxylic acids is 1. The zero-order chi connectivity index (χ0) is 24.0. The number of amidine groups is 1. The van der Waals surface area contributed by atoms with Gasteiger partial charge in [0.2, 0.25) is 0 Å². The van der Waals surface area contributed by atoms with Crippen molar-refractivity contribution in [1.82, 2.24) is 9.80 Å². The Kier molecular flexibility index (Phi) is 6.28. The zero-order valence-corrected chi connectivity index (χ0v) is 18.9. The molecule has 1 aromatic carbocycles. The Bertz CT molecular complexity index is 960. The normalized spacial score (nSPS) is 29.2. The maximum Gasteiger partial charge on any atom is 0.490 e. The molecule has 5 rings (SSSR count). The molecule has 2 aliphatic carbocycles. The Hall–Kier alpha value is -2.42. The number of likely N-dealkylation sites (tertiary alicyclic amines) is 1. The van der Waals surface area contributed by atoms with Gasteiger partial charge in [-0.2, -0.15) is 13.2 Å². The number of aryl methyl sites for hydroxylation is 1. The molecular weight excluding hydrogens is 435 g/mol. The highest BCUT2D eigenvalue weighted by atomic mass is 19.4. The lowest BCUT2D eigenvalue weighted by Gasteiger charge is -2.28. The van der Waals surface area contributed by atoms with Gasteiger partial charge in [0.05, 0.1) is 0 Å². The fourth-order valence-electron chi connectivity index (χ4n) is 5.54. The molecular formula is C24H30F3N3O3. The molecule has 1 amide bonds. The quantitative estimate of drug-likeness (QED) is 0.733. The number of carboxylic acids is 1. The lowest BCUT2D eigenvalue weighted by atomic mass is 9.85. The van der Waals surface area contributed by atoms with Crippen LogP contribution in [0, 0.1) is 24.7 Å². The van der Waals surface area contributed by atoms with Crippen LogP contribution in [0.2, 0.25) is 0 Å². The Morgan fingerprint density at radius 1 is 1.21 bits per heavy atom. The minimum Gasteiger partial charge on any atom is -0.475 e. The van der Waals surface area contributed by atoms with Crippen molar-refractivity contribution < 1.29 is 27.9 Å². The average molecular weight is 466 g/mol. The van der Waals surface area contributed by atoms with E-state index in [9.17, 15) is 18.0 Å². The molecule has 180 valence electrons. The van der Waals surface area contributed by atoms with Crippen LogP contribution in [-0.2, 0) is 16.1 Å². The number of carbonyl (C=O) groups is 2. The van der Waals surface area contributed by atoms with Crippen LogP contribution in [0.1, 0.15) is 43.7 Å². The number of carbonyl (C=O) groups excluding carboxylic acids is 1. The number of hydrogen-bond donors (Lipinski definition) is 1. The zero-order valence-electron chi connectivity index (χ0n) is 18.9. The van der Waals surface area contributed by atoms with Gasteiger partial charge < -0.3 is 5.11 Å². The van der Waals surface area contributed by atoms with Gasteiger partial charge in [-0.3, -0.25) is 19.6 Å². The van der Waals surface area contributed by atoms with E-state index >= 15 is 0 Å². The molecule has 0 bridgehead atoms. The van der Waals surface area contributed by atoms with E-state index in [1.807, 2.05) is 11.8 Å². The average Bonchev–Trinajstić information content (AvgIpc) is 3.30. The van der Waals surface area contributed by atoms with Gasteiger partial charge in [-0.15, -0.1) is 0 Å². The summed E-state index contributed by atoms with van der Waals surface area (Å²) in [6.45, 7) is 8.22. The predicted octanol–water partition coefficient (Wildman–Crippen LogP) is 3.88. The Morgan fingerprint density at radius 3 is 2.52 bits per heavy atom. The highest BCUT2D eigenvalue weighted by Crippen LogP contribution is 2.50. The fourth-order valence-corrected chi connectivity index (χ4v) is 5.54. The molecule has 0 aromatic heterocycles. The van der Waals surface area contributed by atoms with E-state index in [2.05, 4.69) is 36.1 Å². The number of fused-ring (bicyclic) bond motifs is 2. The van der Waals surface area contributed by atoms with Crippen molar-refractivity contribution in [2.24, 2.45) is 22.7 Å². The van der Waals surface area contributed by atoms with Crippen LogP contribution in [0.4, 0.5) is 13.2 Å². The summed E-state index contributed by atoms with van der Waals surface area (Å²) in [5, 5.41) is 7.12. The largest absolute Gasteiger partial charge is 0.490 e. The molecule has 3 fully saturated rings. The minimum atomic E-state index is -5.08. The first-order valence-electron chi connectivity index (χ1n) is 11.5. The number of amides is 1. The van der Waals surface area contributed by atoms with Crippen LogP contribution in [-0.4, -0.2) is 64.0 Å². The summed E-state index contributed by atoms with van der Waals surface area (Å²) in [6.07, 6.45) is -0.423. The number of hydrogen-bond acceptors (Lipinski definition) is 4. The van der Waals surface area contributed by atoms with Crippen LogP contribution in [0.5, 0.6) is 0 Å². The number of benzene rings is 1. The summed E-state index contributed by atoms with van der Waals surface area (Å²) in [4.78, 5) is 31.8. The maximum atomic E-state index is 13.3. The van der Waals surface area contributed by atoms with Crippen molar-refractivity contribution in [2.45, 2.75) is 57.8 Å². The second kappa shape index (κ2) is 8.74. The molecule has 0 radical (unpaired) electrons. The fraction of sp³-hybridized carbons (Fsp3) is 0.625. The van der Waals surface area contributed by atoms with Crippen LogP contribution in [0.25, 0.3) is 0 Å². The first-order valence-corrected chi connectivity index (χ1v) is 11.5. The van der Waals surface area contributed by atoms with E-state index in [4.69, 9.17) is 14.9 Å². The Morgan fingerprint density at radius 2 is 1.91 bits per heavy atom. The Balaban J connectivity index is 0.000000325. The summed E-state index contributed by atoms with van der Waals surface area (Å²) < 4.78 is 31.7. The smallest absolute Gasteiger partial charge is 0.475 e. The molecule has 1 saturated heterocycles. The molecule has 3 atom stereocenters. The summed E-state index contributed by atoms with van der Waals surface area (Å²) in [6, 6.07) is 8.80. The van der Waals surface area contributed by atoms with E-state index in [0.29, 0.717) is 17.7 Å². The first kappa shape index (κ1) is 23.7. The molecule has 0 unspecified atom stereocenters. The van der Waals surface area contributed by atoms with E-state index in [-0.39, 0.29) is 0 Å². The summed E-state index contributed by atoms with van der Waals surface area (Å²) in [5.41, 5.74) is 2.26. The van der Waals surface area contributed by atoms with Crippen LogP contribution in [0.3, 0.4) is 0 Å². The molecule has 9 heteroatoms. The van der Waals surface area contributed by atoms with Gasteiger partial charge in [0.15, 0.2) is 0 Å². The third-order valence-electron chi connectivity index (χ3n) is 7.26. The van der Waals surface area contributed by atoms with Crippen molar-refractivity contribution in [1.29, 1.82) is 0 Å². The monoisotopic (exact) mass is 465 g/mol. The van der Waals surface area contributed by atoms with Gasteiger partial charge in [-0.1, -0.05) is 29.8 Å². The molecule has 1 aromatic rings. The third kappa shape index (κ3) is 4.93. The highest BCUT2D eigenvalue weighted by molar-refractivity contribution is 6.07. The number of alkyl halides is 3. The third-order valence-corrected chi connectivity index (χ3v) is 7.26. The lowest BCUT2D eigenvalue weighted by molar-refractivity contribution is -0.192. The van der Waals surface area contributed by atoms with Gasteiger partial charge in [0.1, 0.15) is 11.4 Å². The van der Waals surface area contributed by atoms with Gasteiger partial charge in [0, 0.05) is 32.1 Å². The van der Waals surface area contributed by atoms with Crippen molar-refractivity contribution in [3.8, 4) is 0 Å². The molecule has 1 N–H and O–H groups in total. The highest BCUT2D eigenvalue weighted by Gasteiger charge is 2.60. The number of carboxylic acid groups (broad SMARTS) is 1. The van der Waals surface area contributed by atoms with E-state index in [1.165, 1.54) is 24.0 Å². The minimum absolute atomic E-state index is 0.312. The number of aliphatic imine (C=N–C) groups is 1. The number of rotatable bonds is 4. The van der Waals surface area contributed by atoms with Crippen LogP contribution >= 0.6 is 0 Å². The molecule has 1 spiro atoms. The second-order valence-electron chi connectivity index (χ2n) is 9.83. The van der Waals surface area contributed by atoms with Gasteiger partial charge in [-0.25, -0.2) is 4.79 Å².